The number of para-hydroxylation sites is 1. The summed E-state index contributed by atoms with van der Waals surface area (Å²) in [5.41, 5.74) is 0.960. The van der Waals surface area contributed by atoms with E-state index in [1.54, 1.807) is 7.05 Å². The van der Waals surface area contributed by atoms with Gasteiger partial charge in [0, 0.05) is 25.2 Å². The molecule has 1 atom stereocenters. The lowest BCUT2D eigenvalue weighted by Gasteiger charge is -2.14. The molecule has 0 radical (unpaired) electrons. The molecule has 0 aliphatic carbocycles. The van der Waals surface area contributed by atoms with Gasteiger partial charge < -0.3 is 20.5 Å². The fourth-order valence-corrected chi connectivity index (χ4v) is 1.35. The molecule has 0 saturated carbocycles. The molecule has 1 unspecified atom stereocenters. The van der Waals surface area contributed by atoms with Gasteiger partial charge in [-0.1, -0.05) is 18.2 Å². The first-order valence-electron chi connectivity index (χ1n) is 5.93. The number of amides is 1. The van der Waals surface area contributed by atoms with Gasteiger partial charge in [0.1, 0.15) is 5.75 Å². The van der Waals surface area contributed by atoms with Gasteiger partial charge in [-0.15, -0.1) is 0 Å². The first kappa shape index (κ1) is 14.5. The van der Waals surface area contributed by atoms with E-state index in [1.165, 1.54) is 0 Å². The maximum Gasteiger partial charge on any atom is 0.257 e. The van der Waals surface area contributed by atoms with Crippen LogP contribution in [0.5, 0.6) is 5.75 Å². The molecule has 1 aromatic rings. The van der Waals surface area contributed by atoms with E-state index in [0.717, 1.165) is 5.56 Å². The van der Waals surface area contributed by atoms with Gasteiger partial charge in [-0.2, -0.15) is 0 Å². The van der Waals surface area contributed by atoms with Crippen molar-refractivity contribution in [2.24, 2.45) is 0 Å². The van der Waals surface area contributed by atoms with Crippen LogP contribution < -0.4 is 15.4 Å². The highest BCUT2D eigenvalue weighted by Crippen LogP contribution is 2.17. The number of nitrogens with one attached hydrogen (secondary N) is 2. The molecule has 0 fully saturated rings. The van der Waals surface area contributed by atoms with Crippen LogP contribution in [0.15, 0.2) is 24.3 Å². The third kappa shape index (κ3) is 4.73. The average Bonchev–Trinajstić information content (AvgIpc) is 2.42. The Morgan fingerprint density at radius 1 is 1.44 bits per heavy atom. The molecule has 100 valence electrons. The molecule has 0 aliphatic heterocycles. The molecule has 1 rings (SSSR count). The third-order valence-electron chi connectivity index (χ3n) is 2.53. The third-order valence-corrected chi connectivity index (χ3v) is 2.53. The number of benzene rings is 1. The monoisotopic (exact) mass is 252 g/mol. The number of carbonyl (C=O) groups excluding carboxylic acids is 1. The Balaban J connectivity index is 2.58. The zero-order valence-electron chi connectivity index (χ0n) is 10.8. The molecule has 0 bridgehead atoms. The largest absolute Gasteiger partial charge is 0.483 e. The Morgan fingerprint density at radius 2 is 2.17 bits per heavy atom. The lowest BCUT2D eigenvalue weighted by molar-refractivity contribution is -0.122. The summed E-state index contributed by atoms with van der Waals surface area (Å²) in [7, 11) is 1.57. The van der Waals surface area contributed by atoms with Gasteiger partial charge in [-0.3, -0.25) is 4.79 Å². The van der Waals surface area contributed by atoms with Crippen molar-refractivity contribution in [1.29, 1.82) is 0 Å². The molecule has 1 amide bonds. The van der Waals surface area contributed by atoms with Gasteiger partial charge in [0.15, 0.2) is 6.61 Å². The van der Waals surface area contributed by atoms with Gasteiger partial charge in [-0.25, -0.2) is 0 Å². The van der Waals surface area contributed by atoms with E-state index in [9.17, 15) is 4.79 Å². The number of hydrogen-bond acceptors (Lipinski definition) is 4. The smallest absolute Gasteiger partial charge is 0.257 e. The van der Waals surface area contributed by atoms with Crippen LogP contribution in [0.4, 0.5) is 0 Å². The number of aliphatic hydroxyl groups is 1. The molecule has 0 saturated heterocycles. The second-order valence-electron chi connectivity index (χ2n) is 4.03. The van der Waals surface area contributed by atoms with Crippen LogP contribution in [0.1, 0.15) is 12.5 Å². The predicted molar refractivity (Wildman–Crippen MR) is 69.4 cm³/mol. The zero-order valence-corrected chi connectivity index (χ0v) is 10.8. The topological polar surface area (TPSA) is 70.6 Å². The highest BCUT2D eigenvalue weighted by molar-refractivity contribution is 5.77. The van der Waals surface area contributed by atoms with Gasteiger partial charge in [0.25, 0.3) is 5.91 Å². The quantitative estimate of drug-likeness (QED) is 0.652. The maximum atomic E-state index is 11.1. The second kappa shape index (κ2) is 7.68. The van der Waals surface area contributed by atoms with Crippen molar-refractivity contribution < 1.29 is 14.6 Å². The standard InChI is InChI=1S/C13H20N2O3/c1-10(8-16)15-7-11-5-3-4-6-12(11)18-9-13(17)14-2/h3-6,10,15-16H,7-9H2,1-2H3,(H,14,17). The molecule has 1 aromatic carbocycles. The minimum atomic E-state index is -0.165. The number of carbonyl (C=O) groups is 1. The van der Waals surface area contributed by atoms with Gasteiger partial charge in [0.2, 0.25) is 0 Å². The highest BCUT2D eigenvalue weighted by atomic mass is 16.5. The number of aliphatic hydroxyl groups excluding tert-OH is 1. The lowest BCUT2D eigenvalue weighted by Crippen LogP contribution is -2.29. The van der Waals surface area contributed by atoms with Crippen LogP contribution in [0, 0.1) is 0 Å². The first-order chi connectivity index (χ1) is 8.67. The average molecular weight is 252 g/mol. The van der Waals surface area contributed by atoms with Crippen LogP contribution in [-0.2, 0) is 11.3 Å². The summed E-state index contributed by atoms with van der Waals surface area (Å²) >= 11 is 0. The molecule has 3 N–H and O–H groups in total. The lowest BCUT2D eigenvalue weighted by atomic mass is 10.2. The van der Waals surface area contributed by atoms with E-state index in [0.29, 0.717) is 12.3 Å². The number of rotatable bonds is 7. The molecular formula is C13H20N2O3. The van der Waals surface area contributed by atoms with Crippen molar-refractivity contribution >= 4 is 5.91 Å². The van der Waals surface area contributed by atoms with E-state index in [4.69, 9.17) is 9.84 Å². The molecule has 5 heteroatoms. The summed E-state index contributed by atoms with van der Waals surface area (Å²) < 4.78 is 5.44. The van der Waals surface area contributed by atoms with Crippen LogP contribution in [0.2, 0.25) is 0 Å². The minimum Gasteiger partial charge on any atom is -0.483 e. The Labute approximate surface area is 107 Å². The molecule has 0 aromatic heterocycles. The van der Waals surface area contributed by atoms with Crippen molar-refractivity contribution in [2.75, 3.05) is 20.3 Å². The predicted octanol–water partition coefficient (Wildman–Crippen LogP) is 0.282. The summed E-state index contributed by atoms with van der Waals surface area (Å²) in [6.07, 6.45) is 0. The summed E-state index contributed by atoms with van der Waals surface area (Å²) in [6.45, 7) is 2.57. The molecular weight excluding hydrogens is 232 g/mol. The van der Waals surface area contributed by atoms with E-state index in [-0.39, 0.29) is 25.2 Å². The van der Waals surface area contributed by atoms with Crippen LogP contribution in [0.25, 0.3) is 0 Å². The fraction of sp³-hybridized carbons (Fsp3) is 0.462. The zero-order chi connectivity index (χ0) is 13.4. The molecule has 0 aliphatic rings. The number of likely N-dealkylation sites (N-methyl/N-ethyl adjacent to an activating group) is 1. The molecule has 18 heavy (non-hydrogen) atoms. The van der Waals surface area contributed by atoms with Gasteiger partial charge in [0.05, 0.1) is 6.61 Å². The molecule has 0 spiro atoms. The van der Waals surface area contributed by atoms with Crippen molar-refractivity contribution in [3.05, 3.63) is 29.8 Å². The SMILES string of the molecule is CNC(=O)COc1ccccc1CNC(C)CO. The van der Waals surface area contributed by atoms with Gasteiger partial charge >= 0.3 is 0 Å². The Morgan fingerprint density at radius 3 is 2.83 bits per heavy atom. The minimum absolute atomic E-state index is 0.00304. The number of ether oxygens (including phenoxy) is 1. The van der Waals surface area contributed by atoms with Crippen molar-refractivity contribution in [3.63, 3.8) is 0 Å². The van der Waals surface area contributed by atoms with Crippen LogP contribution in [0.3, 0.4) is 0 Å². The van der Waals surface area contributed by atoms with Gasteiger partial charge in [-0.05, 0) is 13.0 Å². The summed E-state index contributed by atoms with van der Waals surface area (Å²) in [4.78, 5) is 11.1. The van der Waals surface area contributed by atoms with Crippen LogP contribution >= 0.6 is 0 Å². The second-order valence-corrected chi connectivity index (χ2v) is 4.03. The van der Waals surface area contributed by atoms with E-state index >= 15 is 0 Å². The summed E-state index contributed by atoms with van der Waals surface area (Å²) in [6, 6.07) is 7.54. The van der Waals surface area contributed by atoms with Crippen molar-refractivity contribution in [2.45, 2.75) is 19.5 Å². The molecule has 0 heterocycles. The maximum absolute atomic E-state index is 11.1. The Hall–Kier alpha value is -1.59. The Bertz CT molecular complexity index is 382. The summed E-state index contributed by atoms with van der Waals surface area (Å²) in [5.74, 6) is 0.514. The first-order valence-corrected chi connectivity index (χ1v) is 5.93. The van der Waals surface area contributed by atoms with Crippen LogP contribution in [-0.4, -0.2) is 37.3 Å². The van der Waals surface area contributed by atoms with Crippen molar-refractivity contribution in [1.82, 2.24) is 10.6 Å². The molecule has 5 nitrogen and oxygen atoms in total. The Kier molecular flexibility index (Phi) is 6.18. The normalized spacial score (nSPS) is 11.9. The summed E-state index contributed by atoms with van der Waals surface area (Å²) in [5, 5.41) is 14.6. The highest BCUT2D eigenvalue weighted by Gasteiger charge is 2.06. The van der Waals surface area contributed by atoms with Crippen molar-refractivity contribution in [3.8, 4) is 5.75 Å². The van der Waals surface area contributed by atoms with E-state index in [1.807, 2.05) is 31.2 Å². The van der Waals surface area contributed by atoms with E-state index in [2.05, 4.69) is 10.6 Å². The fourth-order valence-electron chi connectivity index (χ4n) is 1.35. The van der Waals surface area contributed by atoms with E-state index < -0.39 is 0 Å². The number of hydrogen-bond donors (Lipinski definition) is 3.